The summed E-state index contributed by atoms with van der Waals surface area (Å²) in [6.07, 6.45) is 0.0278. The highest BCUT2D eigenvalue weighted by Gasteiger charge is 2.66. The standard InChI is InChI=1S/C4H4BF3N/c1-9-4(2-3-4)5(6,7)8/h2-3H2/q-1. The highest BCUT2D eigenvalue weighted by Crippen LogP contribution is 2.49. The summed E-state index contributed by atoms with van der Waals surface area (Å²) >= 11 is 0. The minimum atomic E-state index is -4.90. The lowest BCUT2D eigenvalue weighted by Crippen LogP contribution is -2.33. The topological polar surface area (TPSA) is 4.36 Å². The lowest BCUT2D eigenvalue weighted by Gasteiger charge is -2.13. The van der Waals surface area contributed by atoms with E-state index in [9.17, 15) is 12.9 Å². The normalized spacial score (nSPS) is 22.9. The van der Waals surface area contributed by atoms with Gasteiger partial charge in [0.1, 0.15) is 0 Å². The van der Waals surface area contributed by atoms with Crippen molar-refractivity contribution >= 4 is 6.98 Å². The predicted molar refractivity (Wildman–Crippen MR) is 27.6 cm³/mol. The average molecular weight is 134 g/mol. The van der Waals surface area contributed by atoms with Crippen molar-refractivity contribution in [2.75, 3.05) is 0 Å². The third kappa shape index (κ3) is 0.785. The SMILES string of the molecule is [C-]#[N+]C1([B-](F)(F)F)CC1. The van der Waals surface area contributed by atoms with Crippen molar-refractivity contribution in [3.8, 4) is 0 Å². The second kappa shape index (κ2) is 1.44. The fourth-order valence-corrected chi connectivity index (χ4v) is 0.640. The molecule has 0 aromatic heterocycles. The Morgan fingerprint density at radius 2 is 1.78 bits per heavy atom. The monoisotopic (exact) mass is 134 g/mol. The zero-order chi connectivity index (χ0) is 7.12. The molecule has 1 nitrogen and oxygen atoms in total. The summed E-state index contributed by atoms with van der Waals surface area (Å²) in [5.41, 5.74) is -1.92. The Hall–Kier alpha value is -0.655. The quantitative estimate of drug-likeness (QED) is 0.380. The lowest BCUT2D eigenvalue weighted by molar-refractivity contribution is 0.447. The summed E-state index contributed by atoms with van der Waals surface area (Å²) in [5, 5.41) is 0. The fourth-order valence-electron chi connectivity index (χ4n) is 0.640. The number of hydrogen-bond acceptors (Lipinski definition) is 0. The van der Waals surface area contributed by atoms with Crippen LogP contribution in [0.5, 0.6) is 0 Å². The van der Waals surface area contributed by atoms with Gasteiger partial charge in [-0.25, -0.2) is 6.57 Å². The van der Waals surface area contributed by atoms with Crippen LogP contribution in [0, 0.1) is 6.57 Å². The van der Waals surface area contributed by atoms with E-state index in [1.165, 1.54) is 0 Å². The molecule has 0 spiro atoms. The van der Waals surface area contributed by atoms with E-state index in [0.29, 0.717) is 0 Å². The number of halogens is 3. The van der Waals surface area contributed by atoms with Crippen LogP contribution in [-0.4, -0.2) is 12.4 Å². The Balaban J connectivity index is 2.75. The minimum absolute atomic E-state index is 0.0139. The van der Waals surface area contributed by atoms with Gasteiger partial charge in [0.2, 0.25) is 5.44 Å². The Labute approximate surface area is 50.7 Å². The molecule has 0 amide bonds. The molecule has 0 heterocycles. The molecule has 0 atom stereocenters. The van der Waals surface area contributed by atoms with E-state index < -0.39 is 12.4 Å². The van der Waals surface area contributed by atoms with Crippen LogP contribution in [0.25, 0.3) is 4.85 Å². The van der Waals surface area contributed by atoms with Crippen LogP contribution in [-0.2, 0) is 0 Å². The molecule has 0 bridgehead atoms. The first-order chi connectivity index (χ1) is 4.02. The highest BCUT2D eigenvalue weighted by atomic mass is 19.4. The Bertz CT molecular complexity index is 164. The molecule has 0 aromatic rings. The first kappa shape index (κ1) is 6.46. The molecule has 50 valence electrons. The molecule has 1 saturated carbocycles. The molecule has 1 aliphatic rings. The van der Waals surface area contributed by atoms with Crippen molar-refractivity contribution in [2.24, 2.45) is 0 Å². The number of rotatable bonds is 1. The largest absolute Gasteiger partial charge is 0.563 e. The maximum absolute atomic E-state index is 11.7. The molecule has 1 aliphatic carbocycles. The molecule has 5 heteroatoms. The van der Waals surface area contributed by atoms with Crippen molar-refractivity contribution < 1.29 is 12.9 Å². The van der Waals surface area contributed by atoms with Crippen LogP contribution in [0.2, 0.25) is 0 Å². The summed E-state index contributed by atoms with van der Waals surface area (Å²) in [7, 11) is 0. The predicted octanol–water partition coefficient (Wildman–Crippen LogP) is 1.82. The van der Waals surface area contributed by atoms with Crippen molar-refractivity contribution in [1.82, 2.24) is 0 Å². The van der Waals surface area contributed by atoms with Gasteiger partial charge in [-0.15, -0.1) is 0 Å². The lowest BCUT2D eigenvalue weighted by atomic mass is 9.77. The van der Waals surface area contributed by atoms with E-state index in [4.69, 9.17) is 6.57 Å². The van der Waals surface area contributed by atoms with Gasteiger partial charge in [0.15, 0.2) is 0 Å². The molecule has 0 radical (unpaired) electrons. The van der Waals surface area contributed by atoms with Gasteiger partial charge in [-0.2, -0.15) is 0 Å². The molecule has 0 unspecified atom stereocenters. The van der Waals surface area contributed by atoms with E-state index in [0.717, 1.165) is 0 Å². The van der Waals surface area contributed by atoms with Gasteiger partial charge in [-0.1, -0.05) is 0 Å². The van der Waals surface area contributed by atoms with Gasteiger partial charge in [0.05, 0.1) is 0 Å². The van der Waals surface area contributed by atoms with Gasteiger partial charge in [-0.3, -0.25) is 0 Å². The number of hydrogen-bond donors (Lipinski definition) is 0. The van der Waals surface area contributed by atoms with Crippen LogP contribution >= 0.6 is 0 Å². The Morgan fingerprint density at radius 1 is 1.33 bits per heavy atom. The molecular weight excluding hydrogens is 130 g/mol. The van der Waals surface area contributed by atoms with Gasteiger partial charge >= 0.3 is 6.98 Å². The Kier molecular flexibility index (Phi) is 1.03. The van der Waals surface area contributed by atoms with E-state index in [1.54, 1.807) is 0 Å². The van der Waals surface area contributed by atoms with Crippen LogP contribution < -0.4 is 0 Å². The summed E-state index contributed by atoms with van der Waals surface area (Å²) in [6, 6.07) is 0. The van der Waals surface area contributed by atoms with E-state index >= 15 is 0 Å². The molecule has 9 heavy (non-hydrogen) atoms. The zero-order valence-corrected chi connectivity index (χ0v) is 4.57. The van der Waals surface area contributed by atoms with Crippen molar-refractivity contribution in [3.63, 3.8) is 0 Å². The molecule has 0 saturated heterocycles. The van der Waals surface area contributed by atoms with Crippen LogP contribution in [0.4, 0.5) is 12.9 Å². The van der Waals surface area contributed by atoms with Crippen LogP contribution in [0.15, 0.2) is 0 Å². The third-order valence-electron chi connectivity index (χ3n) is 1.59. The molecule has 0 N–H and O–H groups in total. The molecule has 0 aliphatic heterocycles. The highest BCUT2D eigenvalue weighted by molar-refractivity contribution is 6.64. The maximum atomic E-state index is 11.7. The summed E-state index contributed by atoms with van der Waals surface area (Å²) in [5.74, 6) is 0. The minimum Gasteiger partial charge on any atom is -0.444 e. The summed E-state index contributed by atoms with van der Waals surface area (Å²) in [6.45, 7) is 1.35. The maximum Gasteiger partial charge on any atom is 0.563 e. The first-order valence-corrected chi connectivity index (χ1v) is 2.60. The Morgan fingerprint density at radius 3 is 1.78 bits per heavy atom. The summed E-state index contributed by atoms with van der Waals surface area (Å²) < 4.78 is 35.2. The van der Waals surface area contributed by atoms with E-state index in [-0.39, 0.29) is 12.8 Å². The molecule has 1 rings (SSSR count). The second-order valence-corrected chi connectivity index (χ2v) is 2.29. The average Bonchev–Trinajstić information content (AvgIpc) is 2.40. The van der Waals surface area contributed by atoms with E-state index in [2.05, 4.69) is 4.85 Å². The van der Waals surface area contributed by atoms with Crippen molar-refractivity contribution in [3.05, 3.63) is 11.4 Å². The third-order valence-corrected chi connectivity index (χ3v) is 1.59. The number of nitrogens with zero attached hydrogens (tertiary/aromatic N) is 1. The molecular formula is C4H4BF3N-. The van der Waals surface area contributed by atoms with Crippen LogP contribution in [0.1, 0.15) is 12.8 Å². The van der Waals surface area contributed by atoms with Crippen LogP contribution in [0.3, 0.4) is 0 Å². The first-order valence-electron chi connectivity index (χ1n) is 2.60. The van der Waals surface area contributed by atoms with E-state index in [1.807, 2.05) is 0 Å². The smallest absolute Gasteiger partial charge is 0.444 e. The van der Waals surface area contributed by atoms with Crippen molar-refractivity contribution in [1.29, 1.82) is 0 Å². The molecule has 1 fully saturated rings. The zero-order valence-electron chi connectivity index (χ0n) is 4.57. The van der Waals surface area contributed by atoms with Gasteiger partial charge in [0.25, 0.3) is 0 Å². The van der Waals surface area contributed by atoms with Gasteiger partial charge in [-0.05, 0) is 0 Å². The van der Waals surface area contributed by atoms with Gasteiger partial charge in [0, 0.05) is 12.8 Å². The fraction of sp³-hybridized carbons (Fsp3) is 0.750. The van der Waals surface area contributed by atoms with Gasteiger partial charge < -0.3 is 17.8 Å². The summed E-state index contributed by atoms with van der Waals surface area (Å²) in [4.78, 5) is 2.56. The van der Waals surface area contributed by atoms with Crippen molar-refractivity contribution in [2.45, 2.75) is 18.3 Å². The molecule has 0 aromatic carbocycles. The second-order valence-electron chi connectivity index (χ2n) is 2.29.